The van der Waals surface area contributed by atoms with Crippen molar-refractivity contribution < 1.29 is 61.5 Å². The molecule has 7 fully saturated rings. The smallest absolute Gasteiger partial charge is 0.407 e. The van der Waals surface area contributed by atoms with E-state index in [1.807, 2.05) is 12.1 Å². The molecule has 1 amide bonds. The number of benzene rings is 4. The Hall–Kier alpha value is -4.96. The number of Topliss-reactive ketones (excluding diaryl/α,β-unsaturated/α-hetero) is 2. The lowest BCUT2D eigenvalue weighted by atomic mass is 9.78. The number of carbonyl (C=O) groups is 3. The highest BCUT2D eigenvalue weighted by Crippen LogP contribution is 2.50. The zero-order valence-electron chi connectivity index (χ0n) is 57.1. The first-order valence-electron chi connectivity index (χ1n) is 34.8. The van der Waals surface area contributed by atoms with Crippen LogP contribution in [-0.2, 0) is 51.6 Å². The minimum absolute atomic E-state index is 0.0130. The van der Waals surface area contributed by atoms with Crippen LogP contribution in [0.3, 0.4) is 0 Å². The zero-order valence-corrected chi connectivity index (χ0v) is 59.1. The van der Waals surface area contributed by atoms with Crippen LogP contribution < -0.4 is 26.1 Å². The third-order valence-electron chi connectivity index (χ3n) is 21.4. The molecule has 504 valence electrons. The first-order valence-corrected chi connectivity index (χ1v) is 38.6. The van der Waals surface area contributed by atoms with Crippen LogP contribution >= 0.6 is 0 Å². The molecular weight excluding hydrogens is 1200 g/mol. The molecular formula is C77H105NO13Si2. The summed E-state index contributed by atoms with van der Waals surface area (Å²) in [6.45, 7) is 32.5. The molecule has 18 atom stereocenters. The van der Waals surface area contributed by atoms with E-state index in [2.05, 4.69) is 183 Å². The average molecular weight is 1310 g/mol. The lowest BCUT2D eigenvalue weighted by Gasteiger charge is -2.53. The Morgan fingerprint density at radius 3 is 1.63 bits per heavy atom. The molecule has 0 radical (unpaired) electrons. The van der Waals surface area contributed by atoms with Crippen molar-refractivity contribution in [3.63, 3.8) is 0 Å². The van der Waals surface area contributed by atoms with Gasteiger partial charge in [-0.2, -0.15) is 0 Å². The summed E-state index contributed by atoms with van der Waals surface area (Å²) in [5, 5.41) is 17.8. The van der Waals surface area contributed by atoms with E-state index in [4.69, 9.17) is 42.0 Å². The van der Waals surface area contributed by atoms with Crippen LogP contribution in [0, 0.1) is 17.8 Å². The molecule has 0 spiro atoms. The second-order valence-electron chi connectivity index (χ2n) is 31.2. The molecule has 16 heteroatoms. The maximum Gasteiger partial charge on any atom is 0.407 e. The monoisotopic (exact) mass is 1310 g/mol. The van der Waals surface area contributed by atoms with E-state index in [9.17, 15) is 9.90 Å². The van der Waals surface area contributed by atoms with Crippen molar-refractivity contribution in [2.45, 2.75) is 267 Å². The third kappa shape index (κ3) is 15.1. The number of fused-ring (bicyclic) bond motifs is 7. The lowest BCUT2D eigenvalue weighted by Crippen LogP contribution is -2.73. The highest BCUT2D eigenvalue weighted by Gasteiger charge is 2.65. The third-order valence-corrected chi connectivity index (χ3v) is 31.4. The number of rotatable bonds is 12. The van der Waals surface area contributed by atoms with Gasteiger partial charge in [-0.3, -0.25) is 9.59 Å². The number of ketones is 2. The largest absolute Gasteiger partial charge is 0.444 e. The molecule has 4 aromatic rings. The van der Waals surface area contributed by atoms with E-state index in [1.54, 1.807) is 20.8 Å². The maximum absolute atomic E-state index is 15.3. The van der Waals surface area contributed by atoms with Crippen LogP contribution in [0.2, 0.25) is 10.1 Å². The van der Waals surface area contributed by atoms with E-state index in [1.165, 1.54) is 0 Å². The molecule has 7 heterocycles. The van der Waals surface area contributed by atoms with Gasteiger partial charge in [0.2, 0.25) is 0 Å². The van der Waals surface area contributed by atoms with Gasteiger partial charge in [-0.1, -0.05) is 190 Å². The highest BCUT2D eigenvalue weighted by molar-refractivity contribution is 7.00. The number of nitrogens with one attached hydrogen (secondary N) is 1. The zero-order chi connectivity index (χ0) is 66.2. The van der Waals surface area contributed by atoms with Crippen LogP contribution in [0.4, 0.5) is 4.79 Å². The number of aliphatic hydroxyl groups excluding tert-OH is 1. The molecule has 0 saturated carbocycles. The van der Waals surface area contributed by atoms with Crippen molar-refractivity contribution in [3.8, 4) is 0 Å². The number of alkyl carbamates (subject to hydrolysis) is 1. The van der Waals surface area contributed by atoms with Crippen molar-refractivity contribution in [3.05, 3.63) is 146 Å². The summed E-state index contributed by atoms with van der Waals surface area (Å²) in [5.74, 6) is -0.0549. The van der Waals surface area contributed by atoms with Crippen LogP contribution in [0.15, 0.2) is 146 Å². The Kier molecular flexibility index (Phi) is 21.4. The van der Waals surface area contributed by atoms with Gasteiger partial charge in [-0.15, -0.1) is 0 Å². The van der Waals surface area contributed by atoms with Crippen molar-refractivity contribution in [1.82, 2.24) is 5.32 Å². The summed E-state index contributed by atoms with van der Waals surface area (Å²) >= 11 is 0. The van der Waals surface area contributed by atoms with Crippen LogP contribution in [-0.4, -0.2) is 143 Å². The fourth-order valence-electron chi connectivity index (χ4n) is 16.7. The van der Waals surface area contributed by atoms with Crippen molar-refractivity contribution in [2.24, 2.45) is 17.8 Å². The van der Waals surface area contributed by atoms with Gasteiger partial charge >= 0.3 is 6.09 Å². The second kappa shape index (κ2) is 28.6. The number of hydrogen-bond donors (Lipinski definition) is 2. The number of amides is 1. The first kappa shape index (κ1) is 69.4. The van der Waals surface area contributed by atoms with E-state index in [0.717, 1.165) is 51.2 Å². The molecule has 0 aromatic heterocycles. The van der Waals surface area contributed by atoms with E-state index in [0.29, 0.717) is 32.1 Å². The fourth-order valence-corrected chi connectivity index (χ4v) is 26.1. The normalized spacial score (nSPS) is 33.0. The van der Waals surface area contributed by atoms with Crippen molar-refractivity contribution in [1.29, 1.82) is 0 Å². The Balaban J connectivity index is 0.986. The van der Waals surface area contributed by atoms with Crippen molar-refractivity contribution >= 4 is 55.0 Å². The number of hydrogen-bond acceptors (Lipinski definition) is 13. The molecule has 2 unspecified atom stereocenters. The number of carbonyl (C=O) groups excluding carboxylic acids is 3. The Morgan fingerprint density at radius 2 is 1.08 bits per heavy atom. The highest BCUT2D eigenvalue weighted by atomic mass is 28.4. The topological polar surface area (TPSA) is 167 Å². The second-order valence-corrected chi connectivity index (χ2v) is 39.7. The quantitative estimate of drug-likeness (QED) is 0.102. The Labute approximate surface area is 555 Å². The summed E-state index contributed by atoms with van der Waals surface area (Å²) < 4.78 is 65.8. The van der Waals surface area contributed by atoms with Gasteiger partial charge in [-0.05, 0) is 125 Å². The maximum atomic E-state index is 15.3. The molecule has 8 bridgehead atoms. The van der Waals surface area contributed by atoms with Gasteiger partial charge in [0, 0.05) is 45.1 Å². The average Bonchev–Trinajstić information content (AvgIpc) is 1.71. The van der Waals surface area contributed by atoms with Crippen LogP contribution in [0.1, 0.15) is 160 Å². The summed E-state index contributed by atoms with van der Waals surface area (Å²) in [5.41, 5.74) is 1.35. The fraction of sp³-hybridized carbons (Fsp3) is 0.597. The molecule has 14 nitrogen and oxygen atoms in total. The Bertz CT molecular complexity index is 3120. The molecule has 0 aliphatic carbocycles. The van der Waals surface area contributed by atoms with Crippen LogP contribution in [0.25, 0.3) is 0 Å². The van der Waals surface area contributed by atoms with Crippen LogP contribution in [0.5, 0.6) is 0 Å². The van der Waals surface area contributed by atoms with Gasteiger partial charge < -0.3 is 52.4 Å². The number of aliphatic hydroxyl groups is 1. The SMILES string of the molecule is C=C1C[C@@H]2CCC(=O)C[C@H]3O[C@H]4[C@@H](O[Si](c5ccccc5)(c5ccccc5)C(C)(C)C)[C@H]5O[C@H](CC[C@@H]5O[C@H]4[C@H]3O[Si](c3ccccc3)(c3ccccc3)C(C)(C)C)CC(=O)C[C@@H]3[C@@H](C)[C@@H](C[C@H](O)CNC(=O)OC(C)(C)C)O[C@H]3CC3O[C@@H](CCC1O2)C[C@@H](C)C3=C. The van der Waals surface area contributed by atoms with Gasteiger partial charge in [-0.25, -0.2) is 4.79 Å². The van der Waals surface area contributed by atoms with E-state index >= 15 is 9.59 Å². The van der Waals surface area contributed by atoms with Gasteiger partial charge in [0.05, 0.1) is 61.0 Å². The Morgan fingerprint density at radius 1 is 0.559 bits per heavy atom. The molecule has 2 N–H and O–H groups in total. The minimum atomic E-state index is -3.41. The molecule has 7 aliphatic rings. The minimum Gasteiger partial charge on any atom is -0.444 e. The molecule has 4 aromatic carbocycles. The summed E-state index contributed by atoms with van der Waals surface area (Å²) in [4.78, 5) is 43.1. The standard InChI is InChI=1S/C77H105NO13Si2/c1-48-40-56-36-38-63-49(2)41-55(83-63)35-34-52(79)44-68-70(90-92(76(8,9)10,58-26-18-14-19-27-58)59-28-20-15-21-29-59)71-72(88-68)73(91-93(77(11,12)13,60-30-22-16-23-31-60)61-32-24-17-25-33-61)69-64(87-71)39-37-57(85-69)42-53(80)43-62-51(4)65(86-67(62)46-66(84-56)50(48)3)45-54(81)47-78-74(82)89-75(5,6)7/h14-33,48,51,54-57,62-73,81H,2-3,34-47H2,1,4-13H3,(H,78,82)/t48-,51-,54+,55+,56+,57-,62-,63?,64+,65-,66?,67+,68-,69+,70+,71+,72-,73+/m1/s1. The number of ether oxygens (including phenoxy) is 7. The lowest BCUT2D eigenvalue weighted by molar-refractivity contribution is -0.254. The van der Waals surface area contributed by atoms with Crippen molar-refractivity contribution in [2.75, 3.05) is 6.54 Å². The molecule has 7 saturated heterocycles. The summed E-state index contributed by atoms with van der Waals surface area (Å²) in [7, 11) is -6.76. The summed E-state index contributed by atoms with van der Waals surface area (Å²) in [6.07, 6.45) is -2.15. The molecule has 93 heavy (non-hydrogen) atoms. The first-order chi connectivity index (χ1) is 44.2. The molecule has 11 rings (SSSR count). The van der Waals surface area contributed by atoms with E-state index < -0.39 is 99.4 Å². The predicted octanol–water partition coefficient (Wildman–Crippen LogP) is 11.6. The van der Waals surface area contributed by atoms with Gasteiger partial charge in [0.25, 0.3) is 16.6 Å². The predicted molar refractivity (Wildman–Crippen MR) is 367 cm³/mol. The van der Waals surface area contributed by atoms with E-state index in [-0.39, 0.29) is 98.5 Å². The van der Waals surface area contributed by atoms with Gasteiger partial charge in [0.15, 0.2) is 0 Å². The van der Waals surface area contributed by atoms with Gasteiger partial charge in [0.1, 0.15) is 47.7 Å². The molecule has 7 aliphatic heterocycles. The summed E-state index contributed by atoms with van der Waals surface area (Å²) in [6, 6.07) is 42.5.